The Kier molecular flexibility index (Phi) is 7.08. The van der Waals surface area contributed by atoms with Crippen LogP contribution in [0.2, 0.25) is 0 Å². The van der Waals surface area contributed by atoms with Gasteiger partial charge in [-0.3, -0.25) is 14.6 Å². The number of fused-ring (bicyclic) bond motifs is 5. The van der Waals surface area contributed by atoms with Crippen molar-refractivity contribution in [1.82, 2.24) is 24.4 Å². The van der Waals surface area contributed by atoms with Crippen LogP contribution in [-0.2, 0) is 9.59 Å². The predicted molar refractivity (Wildman–Crippen MR) is 155 cm³/mol. The summed E-state index contributed by atoms with van der Waals surface area (Å²) in [4.78, 5) is 55.8. The average molecular weight is 588 g/mol. The van der Waals surface area contributed by atoms with Crippen LogP contribution in [0, 0.1) is 11.6 Å². The van der Waals surface area contributed by atoms with Gasteiger partial charge in [-0.1, -0.05) is 26.5 Å². The van der Waals surface area contributed by atoms with Gasteiger partial charge in [0, 0.05) is 38.4 Å². The zero-order valence-corrected chi connectivity index (χ0v) is 23.4. The van der Waals surface area contributed by atoms with Gasteiger partial charge in [0.2, 0.25) is 5.91 Å². The van der Waals surface area contributed by atoms with Crippen LogP contribution >= 0.6 is 0 Å². The fourth-order valence-electron chi connectivity index (χ4n) is 5.41. The number of aromatic nitrogens is 4. The van der Waals surface area contributed by atoms with Gasteiger partial charge in [0.25, 0.3) is 5.91 Å². The molecule has 0 saturated carbocycles. The highest BCUT2D eigenvalue weighted by Gasteiger charge is 2.29. The molecule has 0 radical (unpaired) electrons. The molecule has 13 heteroatoms. The van der Waals surface area contributed by atoms with E-state index in [0.29, 0.717) is 31.9 Å². The van der Waals surface area contributed by atoms with Crippen molar-refractivity contribution in [3.63, 3.8) is 0 Å². The van der Waals surface area contributed by atoms with Crippen LogP contribution in [0.3, 0.4) is 0 Å². The highest BCUT2D eigenvalue weighted by atomic mass is 19.1. The molecule has 43 heavy (non-hydrogen) atoms. The lowest BCUT2D eigenvalue weighted by Crippen LogP contribution is -2.49. The molecule has 4 aromatic rings. The minimum atomic E-state index is -0.884. The molecule has 0 aliphatic carbocycles. The Bertz CT molecular complexity index is 1870. The maximum absolute atomic E-state index is 16.0. The molecule has 3 aromatic heterocycles. The predicted octanol–water partition coefficient (Wildman–Crippen LogP) is 3.41. The Morgan fingerprint density at radius 2 is 1.86 bits per heavy atom. The van der Waals surface area contributed by atoms with Gasteiger partial charge in [-0.15, -0.1) is 0 Å². The summed E-state index contributed by atoms with van der Waals surface area (Å²) in [7, 11) is 0. The van der Waals surface area contributed by atoms with E-state index in [2.05, 4.69) is 26.8 Å². The van der Waals surface area contributed by atoms with Crippen LogP contribution in [0.15, 0.2) is 54.0 Å². The van der Waals surface area contributed by atoms with Gasteiger partial charge in [0.05, 0.1) is 22.3 Å². The van der Waals surface area contributed by atoms with E-state index in [1.165, 1.54) is 35.0 Å². The van der Waals surface area contributed by atoms with E-state index in [0.717, 1.165) is 12.1 Å². The van der Waals surface area contributed by atoms with Crippen LogP contribution in [0.5, 0.6) is 5.75 Å². The Morgan fingerprint density at radius 1 is 1.09 bits per heavy atom. The molecule has 220 valence electrons. The molecule has 0 unspecified atom stereocenters. The number of halogens is 2. The van der Waals surface area contributed by atoms with Gasteiger partial charge in [0.1, 0.15) is 28.8 Å². The quantitative estimate of drug-likeness (QED) is 0.362. The Morgan fingerprint density at radius 3 is 2.58 bits per heavy atom. The average Bonchev–Trinajstić information content (AvgIpc) is 2.99. The van der Waals surface area contributed by atoms with E-state index < -0.39 is 35.5 Å². The van der Waals surface area contributed by atoms with Crippen molar-refractivity contribution in [2.45, 2.75) is 19.8 Å². The smallest absolute Gasteiger partial charge is 0.356 e. The zero-order valence-electron chi connectivity index (χ0n) is 23.4. The molecular weight excluding hydrogens is 560 g/mol. The van der Waals surface area contributed by atoms with E-state index in [1.807, 2.05) is 13.8 Å². The molecule has 0 atom stereocenters. The molecule has 1 fully saturated rings. The Balaban J connectivity index is 1.68. The van der Waals surface area contributed by atoms with Crippen molar-refractivity contribution >= 4 is 34.4 Å². The third-order valence-electron chi connectivity index (χ3n) is 7.44. The number of pyridine rings is 2. The van der Waals surface area contributed by atoms with E-state index >= 15 is 8.78 Å². The first-order valence-electron chi connectivity index (χ1n) is 13.7. The minimum Gasteiger partial charge on any atom is -0.481 e. The van der Waals surface area contributed by atoms with Crippen molar-refractivity contribution in [2.24, 2.45) is 0 Å². The van der Waals surface area contributed by atoms with E-state index in [-0.39, 0.29) is 51.4 Å². The van der Waals surface area contributed by atoms with E-state index in [1.54, 1.807) is 9.80 Å². The normalized spacial score (nSPS) is 14.9. The lowest BCUT2D eigenvalue weighted by molar-refractivity contribution is -0.126. The number of rotatable bonds is 3. The van der Waals surface area contributed by atoms with Crippen molar-refractivity contribution < 1.29 is 23.1 Å². The second kappa shape index (κ2) is 10.9. The van der Waals surface area contributed by atoms with Crippen LogP contribution in [0.25, 0.3) is 28.0 Å². The molecule has 2 bridgehead atoms. The molecule has 6 rings (SSSR count). The molecule has 1 N–H and O–H groups in total. The Hall–Kier alpha value is -5.20. The maximum Gasteiger partial charge on any atom is 0.356 e. The fraction of sp³-hybridized carbons (Fsp3) is 0.267. The number of benzene rings is 1. The van der Waals surface area contributed by atoms with Gasteiger partial charge in [0.15, 0.2) is 18.1 Å². The highest BCUT2D eigenvalue weighted by molar-refractivity contribution is 5.98. The first-order valence-corrected chi connectivity index (χ1v) is 13.7. The third-order valence-corrected chi connectivity index (χ3v) is 7.44. The number of carbonyl (C=O) groups is 2. The number of ether oxygens (including phenoxy) is 1. The third kappa shape index (κ3) is 4.86. The summed E-state index contributed by atoms with van der Waals surface area (Å²) >= 11 is 0. The summed E-state index contributed by atoms with van der Waals surface area (Å²) in [5.41, 5.74) is -0.803. The van der Waals surface area contributed by atoms with Crippen molar-refractivity contribution in [3.05, 3.63) is 77.0 Å². The largest absolute Gasteiger partial charge is 0.481 e. The minimum absolute atomic E-state index is 0.00292. The molecule has 2 aliphatic heterocycles. The molecule has 2 amide bonds. The van der Waals surface area contributed by atoms with Crippen LogP contribution in [0.1, 0.15) is 25.5 Å². The summed E-state index contributed by atoms with van der Waals surface area (Å²) in [6.45, 7) is 8.09. The van der Waals surface area contributed by atoms with Crippen molar-refractivity contribution in [1.29, 1.82) is 0 Å². The fourth-order valence-corrected chi connectivity index (χ4v) is 5.41. The first-order chi connectivity index (χ1) is 20.7. The number of nitrogens with zero attached hydrogens (tertiary/aromatic N) is 6. The van der Waals surface area contributed by atoms with Crippen LogP contribution in [-0.4, -0.2) is 69.0 Å². The van der Waals surface area contributed by atoms with Crippen LogP contribution < -0.4 is 20.6 Å². The zero-order chi connectivity index (χ0) is 30.4. The second-order valence-corrected chi connectivity index (χ2v) is 10.5. The first kappa shape index (κ1) is 27.9. The monoisotopic (exact) mass is 587 g/mol. The number of amides is 2. The topological polar surface area (TPSA) is 123 Å². The van der Waals surface area contributed by atoms with Crippen molar-refractivity contribution in [3.8, 4) is 22.7 Å². The lowest BCUT2D eigenvalue weighted by Gasteiger charge is -2.35. The molecule has 11 nitrogen and oxygen atoms in total. The number of nitrogens with one attached hydrogen (secondary N) is 1. The molecular formula is C30H27F2N7O4. The number of anilines is 2. The standard InChI is InChI=1S/C30H27F2N7O4/c1-4-23(41)37-10-12-38(13-11-37)28-17-14-19(32)26-24-18(31)6-5-7-20(24)34-22(40)15-43-21-8-9-33-25(16(2)3)27(21)39(29(17)35-26)30(42)36-28/h4-9,14,16H,1,10-13,15H2,2-3H3,(H,34,40). The second-order valence-electron chi connectivity index (χ2n) is 10.5. The van der Waals surface area contributed by atoms with Crippen LogP contribution in [0.4, 0.5) is 20.3 Å². The number of hydrogen-bond acceptors (Lipinski definition) is 8. The summed E-state index contributed by atoms with van der Waals surface area (Å²) in [5.74, 6) is -2.43. The number of carbonyl (C=O) groups excluding carboxylic acids is 2. The van der Waals surface area contributed by atoms with Gasteiger partial charge in [-0.25, -0.2) is 23.1 Å². The maximum atomic E-state index is 16.0. The van der Waals surface area contributed by atoms with Crippen molar-refractivity contribution in [2.75, 3.05) is 43.0 Å². The van der Waals surface area contributed by atoms with Gasteiger partial charge >= 0.3 is 5.69 Å². The molecule has 5 heterocycles. The van der Waals surface area contributed by atoms with Gasteiger partial charge < -0.3 is 19.9 Å². The Labute approximate surface area is 244 Å². The van der Waals surface area contributed by atoms with Gasteiger partial charge in [-0.2, -0.15) is 4.98 Å². The summed E-state index contributed by atoms with van der Waals surface area (Å²) in [5, 5.41) is 2.77. The van der Waals surface area contributed by atoms with Gasteiger partial charge in [-0.05, 0) is 30.2 Å². The SMILES string of the molecule is C=CC(=O)N1CCN(c2nc(=O)n3c4nc(c(F)cc24)-c2c(F)cccc2NC(=O)COc2ccnc(C(C)C)c2-3)CC1. The molecule has 1 saturated heterocycles. The summed E-state index contributed by atoms with van der Waals surface area (Å²) in [6, 6.07) is 6.61. The van der Waals surface area contributed by atoms with E-state index in [4.69, 9.17) is 4.74 Å². The number of piperazine rings is 1. The highest BCUT2D eigenvalue weighted by Crippen LogP contribution is 2.37. The summed E-state index contributed by atoms with van der Waals surface area (Å²) < 4.78 is 38.4. The molecule has 1 aromatic carbocycles. The number of hydrogen-bond donors (Lipinski definition) is 1. The lowest BCUT2D eigenvalue weighted by atomic mass is 10.1. The van der Waals surface area contributed by atoms with E-state index in [9.17, 15) is 14.4 Å². The molecule has 0 spiro atoms. The molecule has 2 aliphatic rings. The summed E-state index contributed by atoms with van der Waals surface area (Å²) in [6.07, 6.45) is 2.74.